The molecule has 0 aliphatic rings. The van der Waals surface area contributed by atoms with E-state index in [0.29, 0.717) is 10.2 Å². The smallest absolute Gasteiger partial charge is 0.288 e. The van der Waals surface area contributed by atoms with Gasteiger partial charge >= 0.3 is 0 Å². The lowest BCUT2D eigenvalue weighted by atomic mass is 10.2. The number of nitrogens with zero attached hydrogens (tertiary/aromatic N) is 2. The van der Waals surface area contributed by atoms with Gasteiger partial charge in [0.15, 0.2) is 0 Å². The van der Waals surface area contributed by atoms with Crippen LogP contribution in [0.2, 0.25) is 5.15 Å². The minimum atomic E-state index is -0.636. The van der Waals surface area contributed by atoms with Gasteiger partial charge in [-0.25, -0.2) is 4.98 Å². The summed E-state index contributed by atoms with van der Waals surface area (Å²) in [7, 11) is 0. The van der Waals surface area contributed by atoms with Crippen LogP contribution in [-0.2, 0) is 0 Å². The number of rotatable bonds is 3. The van der Waals surface area contributed by atoms with Crippen LogP contribution in [0.3, 0.4) is 0 Å². The number of hydrogen-bond acceptors (Lipinski definition) is 4. The van der Waals surface area contributed by atoms with Crippen molar-refractivity contribution in [2.75, 3.05) is 5.32 Å². The number of anilines is 1. The Morgan fingerprint density at radius 1 is 1.43 bits per heavy atom. The zero-order chi connectivity index (χ0) is 15.6. The maximum atomic E-state index is 12.2. The van der Waals surface area contributed by atoms with E-state index in [1.807, 2.05) is 13.0 Å². The van der Waals surface area contributed by atoms with Crippen LogP contribution in [0.1, 0.15) is 15.9 Å². The highest BCUT2D eigenvalue weighted by Crippen LogP contribution is 2.25. The van der Waals surface area contributed by atoms with Gasteiger partial charge < -0.3 is 5.32 Å². The Labute approximate surface area is 133 Å². The second kappa shape index (κ2) is 6.19. The van der Waals surface area contributed by atoms with Crippen molar-refractivity contribution in [1.29, 1.82) is 0 Å². The number of halogens is 2. The van der Waals surface area contributed by atoms with Gasteiger partial charge in [0.1, 0.15) is 11.3 Å². The molecule has 1 heterocycles. The number of pyridine rings is 1. The summed E-state index contributed by atoms with van der Waals surface area (Å²) in [5, 5.41) is 13.3. The second-order valence-corrected chi connectivity index (χ2v) is 5.44. The van der Waals surface area contributed by atoms with E-state index in [-0.39, 0.29) is 16.4 Å². The molecule has 0 unspecified atom stereocenters. The third kappa shape index (κ3) is 3.56. The molecule has 0 fully saturated rings. The van der Waals surface area contributed by atoms with Gasteiger partial charge in [0.2, 0.25) is 0 Å². The molecule has 0 spiro atoms. The van der Waals surface area contributed by atoms with Crippen LogP contribution in [0.15, 0.2) is 34.9 Å². The van der Waals surface area contributed by atoms with E-state index in [9.17, 15) is 14.9 Å². The molecular weight excluding hydrogens is 362 g/mol. The molecule has 0 bridgehead atoms. The monoisotopic (exact) mass is 369 g/mol. The first-order valence-corrected chi connectivity index (χ1v) is 6.93. The largest absolute Gasteiger partial charge is 0.321 e. The lowest BCUT2D eigenvalue weighted by Gasteiger charge is -2.09. The van der Waals surface area contributed by atoms with E-state index in [2.05, 4.69) is 26.2 Å². The Kier molecular flexibility index (Phi) is 4.54. The maximum Gasteiger partial charge on any atom is 0.288 e. The number of carbonyl (C=O) groups is 1. The molecule has 21 heavy (non-hydrogen) atoms. The molecule has 2 aromatic rings. The van der Waals surface area contributed by atoms with Gasteiger partial charge in [-0.2, -0.15) is 0 Å². The topological polar surface area (TPSA) is 85.1 Å². The highest BCUT2D eigenvalue weighted by Gasteiger charge is 2.18. The van der Waals surface area contributed by atoms with Gasteiger partial charge in [0.25, 0.3) is 11.6 Å². The van der Waals surface area contributed by atoms with E-state index in [4.69, 9.17) is 11.6 Å². The van der Waals surface area contributed by atoms with E-state index >= 15 is 0 Å². The summed E-state index contributed by atoms with van der Waals surface area (Å²) in [6, 6.07) is 6.52. The van der Waals surface area contributed by atoms with Gasteiger partial charge in [-0.05, 0) is 40.5 Å². The third-order valence-corrected chi connectivity index (χ3v) is 3.64. The van der Waals surface area contributed by atoms with Crippen LogP contribution in [0.25, 0.3) is 0 Å². The average Bonchev–Trinajstić information content (AvgIpc) is 2.43. The Morgan fingerprint density at radius 3 is 2.81 bits per heavy atom. The predicted molar refractivity (Wildman–Crippen MR) is 82.7 cm³/mol. The fourth-order valence-electron chi connectivity index (χ4n) is 1.62. The number of benzene rings is 1. The number of nitrogens with one attached hydrogen (secondary N) is 1. The molecule has 0 atom stereocenters. The number of hydrogen-bond donors (Lipinski definition) is 1. The average molecular weight is 371 g/mol. The van der Waals surface area contributed by atoms with Crippen molar-refractivity contribution in [3.63, 3.8) is 0 Å². The summed E-state index contributed by atoms with van der Waals surface area (Å²) in [4.78, 5) is 25.9. The highest BCUT2D eigenvalue weighted by molar-refractivity contribution is 9.10. The van der Waals surface area contributed by atoms with Crippen LogP contribution in [0, 0.1) is 17.0 Å². The maximum absolute atomic E-state index is 12.2. The van der Waals surface area contributed by atoms with Crippen molar-refractivity contribution < 1.29 is 9.72 Å². The molecule has 0 radical (unpaired) electrons. The Bertz CT molecular complexity index is 737. The minimum absolute atomic E-state index is 0.0562. The van der Waals surface area contributed by atoms with Crippen LogP contribution in [0.4, 0.5) is 11.4 Å². The van der Waals surface area contributed by atoms with Crippen molar-refractivity contribution in [3.8, 4) is 0 Å². The molecule has 1 aromatic heterocycles. The van der Waals surface area contributed by atoms with Crippen molar-refractivity contribution in [3.05, 3.63) is 61.3 Å². The normalized spacial score (nSPS) is 10.2. The molecule has 8 heteroatoms. The summed E-state index contributed by atoms with van der Waals surface area (Å²) in [5.41, 5.74) is 1.14. The molecule has 0 aliphatic carbocycles. The zero-order valence-electron chi connectivity index (χ0n) is 10.8. The van der Waals surface area contributed by atoms with Gasteiger partial charge in [0.05, 0.1) is 16.2 Å². The minimum Gasteiger partial charge on any atom is -0.321 e. The van der Waals surface area contributed by atoms with E-state index in [0.717, 1.165) is 17.8 Å². The Hall–Kier alpha value is -1.99. The van der Waals surface area contributed by atoms with Crippen molar-refractivity contribution in [2.45, 2.75) is 6.92 Å². The molecule has 1 aromatic carbocycles. The standard InChI is InChI=1S/C13H9BrClN3O3/c1-7-2-3-10(14)11(4-7)17-13(19)9-5-8(18(20)21)6-16-12(9)15/h2-6H,1H3,(H,17,19). The summed E-state index contributed by atoms with van der Waals surface area (Å²) >= 11 is 9.14. The van der Waals surface area contributed by atoms with Crippen molar-refractivity contribution in [2.24, 2.45) is 0 Å². The zero-order valence-corrected chi connectivity index (χ0v) is 13.1. The highest BCUT2D eigenvalue weighted by atomic mass is 79.9. The molecular formula is C13H9BrClN3O3. The summed E-state index contributed by atoms with van der Waals surface area (Å²) in [6.45, 7) is 1.88. The fraction of sp³-hybridized carbons (Fsp3) is 0.0769. The lowest BCUT2D eigenvalue weighted by Crippen LogP contribution is -2.14. The second-order valence-electron chi connectivity index (χ2n) is 4.23. The van der Waals surface area contributed by atoms with Crippen LogP contribution in [0.5, 0.6) is 0 Å². The van der Waals surface area contributed by atoms with Gasteiger partial charge in [-0.1, -0.05) is 17.7 Å². The quantitative estimate of drug-likeness (QED) is 0.503. The van der Waals surface area contributed by atoms with Crippen LogP contribution < -0.4 is 5.32 Å². The number of nitro groups is 1. The van der Waals surface area contributed by atoms with Gasteiger partial charge in [0, 0.05) is 10.5 Å². The molecule has 0 aliphatic heterocycles. The number of aryl methyl sites for hydroxylation is 1. The SMILES string of the molecule is Cc1ccc(Br)c(NC(=O)c2cc([N+](=O)[O-])cnc2Cl)c1. The third-order valence-electron chi connectivity index (χ3n) is 2.65. The first kappa shape index (κ1) is 15.4. The lowest BCUT2D eigenvalue weighted by molar-refractivity contribution is -0.385. The summed E-state index contributed by atoms with van der Waals surface area (Å²) in [6.07, 6.45) is 1.00. The molecule has 6 nitrogen and oxygen atoms in total. The fourth-order valence-corrected chi connectivity index (χ4v) is 2.16. The van der Waals surface area contributed by atoms with Gasteiger partial charge in [-0.15, -0.1) is 0 Å². The molecule has 108 valence electrons. The van der Waals surface area contributed by atoms with Gasteiger partial charge in [-0.3, -0.25) is 14.9 Å². The first-order chi connectivity index (χ1) is 9.88. The van der Waals surface area contributed by atoms with E-state index < -0.39 is 10.8 Å². The molecule has 0 saturated heterocycles. The van der Waals surface area contributed by atoms with Crippen molar-refractivity contribution in [1.82, 2.24) is 4.98 Å². The summed E-state index contributed by atoms with van der Waals surface area (Å²) < 4.78 is 0.691. The predicted octanol–water partition coefficient (Wildman–Crippen LogP) is 3.97. The first-order valence-electron chi connectivity index (χ1n) is 5.76. The van der Waals surface area contributed by atoms with Crippen molar-refractivity contribution >= 4 is 44.8 Å². The Morgan fingerprint density at radius 2 is 2.14 bits per heavy atom. The molecule has 2 rings (SSSR count). The van der Waals surface area contributed by atoms with E-state index in [1.165, 1.54) is 0 Å². The molecule has 0 saturated carbocycles. The van der Waals surface area contributed by atoms with Crippen LogP contribution >= 0.6 is 27.5 Å². The van der Waals surface area contributed by atoms with E-state index in [1.54, 1.807) is 12.1 Å². The number of aromatic nitrogens is 1. The number of amides is 1. The number of carbonyl (C=O) groups excluding carboxylic acids is 1. The summed E-state index contributed by atoms with van der Waals surface area (Å²) in [5.74, 6) is -0.567. The Balaban J connectivity index is 2.34. The molecule has 1 N–H and O–H groups in total. The molecule has 1 amide bonds. The van der Waals surface area contributed by atoms with Crippen LogP contribution in [-0.4, -0.2) is 15.8 Å².